The maximum atomic E-state index is 15.3. The lowest BCUT2D eigenvalue weighted by Crippen LogP contribution is -2.53. The zero-order valence-corrected chi connectivity index (χ0v) is 29.7. The van der Waals surface area contributed by atoms with E-state index in [1.807, 2.05) is 97.9 Å². The van der Waals surface area contributed by atoms with Crippen LogP contribution in [0.4, 0.5) is 5.69 Å². The third kappa shape index (κ3) is 5.02. The van der Waals surface area contributed by atoms with Gasteiger partial charge in [0.1, 0.15) is 0 Å². The van der Waals surface area contributed by atoms with Gasteiger partial charge in [-0.2, -0.15) is 5.01 Å². The number of amides is 4. The largest absolute Gasteiger partial charge is 0.504 e. The average Bonchev–Trinajstić information content (AvgIpc) is 3.51. The number of aryl methyl sites for hydroxylation is 1. The highest BCUT2D eigenvalue weighted by atomic mass is 79.9. The summed E-state index contributed by atoms with van der Waals surface area (Å²) in [5.74, 6) is -5.07. The Hall–Kier alpha value is -5.22. The van der Waals surface area contributed by atoms with E-state index in [1.54, 1.807) is 12.1 Å². The van der Waals surface area contributed by atoms with Crippen molar-refractivity contribution in [2.45, 2.75) is 37.6 Å². The number of carbonyl (C=O) groups is 4. The van der Waals surface area contributed by atoms with Crippen LogP contribution in [0.2, 0.25) is 0 Å². The van der Waals surface area contributed by atoms with Crippen LogP contribution in [-0.4, -0.2) is 45.8 Å². The predicted molar refractivity (Wildman–Crippen MR) is 193 cm³/mol. The number of aromatic hydroxyl groups is 1. The lowest BCUT2D eigenvalue weighted by atomic mass is 9.49. The van der Waals surface area contributed by atoms with Crippen LogP contribution in [0.25, 0.3) is 0 Å². The molecule has 3 fully saturated rings. The number of anilines is 1. The van der Waals surface area contributed by atoms with Crippen molar-refractivity contribution in [3.05, 3.63) is 135 Å². The SMILES string of the molecule is COc1cc(Br)cc([C@H]2C3=CC[C@@H]4C(=O)N(Cc5ccccc5)C(=O)[C@@H]4[C@@H]3C[C@H]3C(=O)N(Nc4ccc(C)cc4)C(=O)[C@@]23c2ccccc2)c1O. The van der Waals surface area contributed by atoms with Crippen molar-refractivity contribution < 1.29 is 29.0 Å². The van der Waals surface area contributed by atoms with Crippen molar-refractivity contribution in [1.82, 2.24) is 9.91 Å². The van der Waals surface area contributed by atoms with Gasteiger partial charge in [0.25, 0.3) is 11.8 Å². The molecule has 2 saturated heterocycles. The molecule has 0 spiro atoms. The standard InChI is InChI=1S/C41H36BrN3O6/c1-23-13-15-27(16-14-23)43-45-38(48)32-21-30-28(17-18-29-34(30)39(49)44(37(29)47)22-24-9-5-3-6-10-24)35(31-19-26(42)20-33(51-2)36(31)46)41(32,40(45)50)25-11-7-4-8-12-25/h3-17,19-20,29-30,32,34-35,43,46H,18,21-22H2,1-2H3/t29-,30+,32-,34-,35+,41+/m0/s1. The third-order valence-electron chi connectivity index (χ3n) is 11.3. The van der Waals surface area contributed by atoms with Gasteiger partial charge < -0.3 is 9.84 Å². The Kier molecular flexibility index (Phi) is 8.09. The molecule has 51 heavy (non-hydrogen) atoms. The number of halogens is 1. The smallest absolute Gasteiger partial charge is 0.260 e. The Morgan fingerprint density at radius 3 is 2.25 bits per heavy atom. The number of phenols is 1. The quantitative estimate of drug-likeness (QED) is 0.161. The van der Waals surface area contributed by atoms with Gasteiger partial charge in [0.15, 0.2) is 11.5 Å². The molecule has 2 aliphatic heterocycles. The van der Waals surface area contributed by atoms with E-state index < -0.39 is 46.8 Å². The second-order valence-electron chi connectivity index (χ2n) is 13.9. The van der Waals surface area contributed by atoms with Crippen LogP contribution in [0.1, 0.15) is 41.0 Å². The van der Waals surface area contributed by atoms with Crippen molar-refractivity contribution in [3.63, 3.8) is 0 Å². The molecule has 2 aliphatic carbocycles. The number of phenolic OH excluding ortho intramolecular Hbond substituents is 1. The molecule has 9 nitrogen and oxygen atoms in total. The van der Waals surface area contributed by atoms with Crippen LogP contribution in [0.5, 0.6) is 11.5 Å². The number of allylic oxidation sites excluding steroid dienone is 2. The van der Waals surface area contributed by atoms with Gasteiger partial charge in [0.05, 0.1) is 42.5 Å². The lowest BCUT2D eigenvalue weighted by molar-refractivity contribution is -0.142. The highest BCUT2D eigenvalue weighted by Gasteiger charge is 2.70. The van der Waals surface area contributed by atoms with E-state index in [0.717, 1.165) is 21.7 Å². The molecular formula is C41H36BrN3O6. The zero-order chi connectivity index (χ0) is 35.6. The Bertz CT molecular complexity index is 2100. The molecule has 0 aromatic heterocycles. The van der Waals surface area contributed by atoms with E-state index in [0.29, 0.717) is 21.3 Å². The molecule has 6 atom stereocenters. The molecule has 4 aromatic rings. The molecule has 0 unspecified atom stereocenters. The molecule has 0 radical (unpaired) electrons. The molecule has 0 bridgehead atoms. The van der Waals surface area contributed by atoms with Crippen LogP contribution in [0.3, 0.4) is 0 Å². The Balaban J connectivity index is 1.33. The molecule has 8 rings (SSSR count). The van der Waals surface area contributed by atoms with E-state index in [9.17, 15) is 19.5 Å². The normalized spacial score (nSPS) is 26.8. The minimum Gasteiger partial charge on any atom is -0.504 e. The number of methoxy groups -OCH3 is 1. The maximum absolute atomic E-state index is 15.3. The van der Waals surface area contributed by atoms with Gasteiger partial charge >= 0.3 is 0 Å². The van der Waals surface area contributed by atoms with Gasteiger partial charge in [-0.25, -0.2) is 0 Å². The van der Waals surface area contributed by atoms with E-state index in [1.165, 1.54) is 12.0 Å². The Morgan fingerprint density at radius 2 is 1.57 bits per heavy atom. The average molecular weight is 747 g/mol. The second-order valence-corrected chi connectivity index (χ2v) is 14.8. The van der Waals surface area contributed by atoms with Crippen LogP contribution in [0.15, 0.2) is 113 Å². The van der Waals surface area contributed by atoms with Crippen LogP contribution in [0, 0.1) is 30.6 Å². The fourth-order valence-electron chi connectivity index (χ4n) is 9.05. The first kappa shape index (κ1) is 33.0. The fraction of sp³-hybridized carbons (Fsp3) is 0.268. The second kappa shape index (κ2) is 12.5. The van der Waals surface area contributed by atoms with Gasteiger partial charge in [-0.3, -0.25) is 29.5 Å². The number of carbonyl (C=O) groups excluding carboxylic acids is 4. The van der Waals surface area contributed by atoms with Crippen LogP contribution < -0.4 is 10.2 Å². The number of likely N-dealkylation sites (tertiary alicyclic amines) is 1. The summed E-state index contributed by atoms with van der Waals surface area (Å²) in [7, 11) is 1.46. The van der Waals surface area contributed by atoms with Crippen molar-refractivity contribution in [1.29, 1.82) is 0 Å². The number of imide groups is 2. The van der Waals surface area contributed by atoms with Gasteiger partial charge in [-0.05, 0) is 61.1 Å². The third-order valence-corrected chi connectivity index (χ3v) is 11.7. The molecule has 10 heteroatoms. The van der Waals surface area contributed by atoms with E-state index in [4.69, 9.17) is 4.74 Å². The Labute approximate surface area is 304 Å². The first-order valence-corrected chi connectivity index (χ1v) is 17.9. The van der Waals surface area contributed by atoms with Crippen molar-refractivity contribution in [2.75, 3.05) is 12.5 Å². The topological polar surface area (TPSA) is 116 Å². The highest BCUT2D eigenvalue weighted by Crippen LogP contribution is 2.65. The highest BCUT2D eigenvalue weighted by molar-refractivity contribution is 9.10. The summed E-state index contributed by atoms with van der Waals surface area (Å²) >= 11 is 3.59. The van der Waals surface area contributed by atoms with Gasteiger partial charge in [0.2, 0.25) is 11.8 Å². The number of rotatable bonds is 7. The zero-order valence-electron chi connectivity index (χ0n) is 28.1. The summed E-state index contributed by atoms with van der Waals surface area (Å²) < 4.78 is 6.20. The molecule has 4 amide bonds. The van der Waals surface area contributed by atoms with Crippen molar-refractivity contribution in [3.8, 4) is 11.5 Å². The van der Waals surface area contributed by atoms with E-state index in [2.05, 4.69) is 21.4 Å². The summed E-state index contributed by atoms with van der Waals surface area (Å²) in [5.41, 5.74) is 5.79. The summed E-state index contributed by atoms with van der Waals surface area (Å²) in [6, 6.07) is 29.5. The number of hydrogen-bond donors (Lipinski definition) is 2. The molecule has 4 aromatic carbocycles. The molecule has 2 heterocycles. The molecule has 1 saturated carbocycles. The number of benzene rings is 4. The van der Waals surface area contributed by atoms with Crippen molar-refractivity contribution in [2.24, 2.45) is 23.7 Å². The molecular weight excluding hydrogens is 710 g/mol. The lowest BCUT2D eigenvalue weighted by Gasteiger charge is -2.50. The predicted octanol–water partition coefficient (Wildman–Crippen LogP) is 6.66. The minimum absolute atomic E-state index is 0.156. The molecule has 2 N–H and O–H groups in total. The summed E-state index contributed by atoms with van der Waals surface area (Å²) in [6.45, 7) is 2.11. The van der Waals surface area contributed by atoms with Gasteiger partial charge in [-0.15, -0.1) is 0 Å². The van der Waals surface area contributed by atoms with E-state index >= 15 is 4.79 Å². The fourth-order valence-corrected chi connectivity index (χ4v) is 9.50. The van der Waals surface area contributed by atoms with E-state index in [-0.39, 0.29) is 42.7 Å². The number of hydrazine groups is 1. The number of hydrogen-bond acceptors (Lipinski definition) is 7. The van der Waals surface area contributed by atoms with Crippen molar-refractivity contribution >= 4 is 45.2 Å². The first-order chi connectivity index (χ1) is 24.6. The number of nitrogens with zero attached hydrogens (tertiary/aromatic N) is 2. The molecule has 4 aliphatic rings. The maximum Gasteiger partial charge on any atom is 0.260 e. The minimum atomic E-state index is -1.51. The summed E-state index contributed by atoms with van der Waals surface area (Å²) in [4.78, 5) is 59.9. The van der Waals surface area contributed by atoms with Crippen LogP contribution in [-0.2, 0) is 31.1 Å². The van der Waals surface area contributed by atoms with Gasteiger partial charge in [-0.1, -0.05) is 106 Å². The molecule has 258 valence electrons. The summed E-state index contributed by atoms with van der Waals surface area (Å²) in [5, 5.41) is 13.0. The number of fused-ring (bicyclic) bond motifs is 4. The van der Waals surface area contributed by atoms with Crippen LogP contribution >= 0.6 is 15.9 Å². The number of ether oxygens (including phenoxy) is 1. The number of nitrogens with one attached hydrogen (secondary N) is 1. The Morgan fingerprint density at radius 1 is 0.882 bits per heavy atom. The monoisotopic (exact) mass is 745 g/mol. The first-order valence-electron chi connectivity index (χ1n) is 17.1. The van der Waals surface area contributed by atoms with Gasteiger partial charge in [0, 0.05) is 16.0 Å². The summed E-state index contributed by atoms with van der Waals surface area (Å²) in [6.07, 6.45) is 2.44.